The lowest BCUT2D eigenvalue weighted by Gasteiger charge is -2.27. The number of hydrogen-bond donors (Lipinski definition) is 0. The van der Waals surface area contributed by atoms with Gasteiger partial charge in [0, 0.05) is 29.8 Å². The van der Waals surface area contributed by atoms with E-state index < -0.39 is 0 Å². The van der Waals surface area contributed by atoms with Crippen molar-refractivity contribution in [2.75, 3.05) is 37.7 Å². The monoisotopic (exact) mass is 390 g/mol. The number of carbonyl (C=O) groups is 2. The summed E-state index contributed by atoms with van der Waals surface area (Å²) < 4.78 is 5.05. The van der Waals surface area contributed by atoms with E-state index in [4.69, 9.17) is 4.74 Å². The average molecular weight is 391 g/mol. The molecule has 0 spiro atoms. The van der Waals surface area contributed by atoms with Crippen molar-refractivity contribution in [3.63, 3.8) is 0 Å². The molecule has 1 atom stereocenters. The molecular formula is C21H30N2O3S. The molecule has 1 aliphatic carbocycles. The van der Waals surface area contributed by atoms with E-state index in [1.807, 2.05) is 41.8 Å². The lowest BCUT2D eigenvalue weighted by molar-refractivity contribution is -0.143. The maximum absolute atomic E-state index is 13.2. The van der Waals surface area contributed by atoms with Crippen molar-refractivity contribution < 1.29 is 14.3 Å². The van der Waals surface area contributed by atoms with Gasteiger partial charge in [-0.3, -0.25) is 14.5 Å². The fraction of sp³-hybridized carbons (Fsp3) is 0.619. The van der Waals surface area contributed by atoms with E-state index in [0.29, 0.717) is 37.3 Å². The van der Waals surface area contributed by atoms with Crippen molar-refractivity contribution in [2.24, 2.45) is 5.92 Å². The molecule has 27 heavy (non-hydrogen) atoms. The zero-order valence-corrected chi connectivity index (χ0v) is 17.2. The van der Waals surface area contributed by atoms with Crippen LogP contribution in [0.2, 0.25) is 0 Å². The molecule has 3 rings (SSSR count). The van der Waals surface area contributed by atoms with Gasteiger partial charge in [-0.15, -0.1) is 11.8 Å². The fourth-order valence-corrected chi connectivity index (χ4v) is 4.52. The lowest BCUT2D eigenvalue weighted by Crippen LogP contribution is -2.42. The number of ether oxygens (including phenoxy) is 1. The molecule has 0 radical (unpaired) electrons. The Morgan fingerprint density at radius 2 is 2.04 bits per heavy atom. The number of fused-ring (bicyclic) bond motifs is 1. The zero-order chi connectivity index (χ0) is 19.2. The van der Waals surface area contributed by atoms with Gasteiger partial charge in [-0.25, -0.2) is 0 Å². The Bertz CT molecular complexity index is 663. The predicted molar refractivity (Wildman–Crippen MR) is 109 cm³/mol. The number of hydrogen-bond acceptors (Lipinski definition) is 5. The van der Waals surface area contributed by atoms with E-state index in [2.05, 4.69) is 17.9 Å². The normalized spacial score (nSPS) is 19.5. The highest BCUT2D eigenvalue weighted by atomic mass is 32.2. The third-order valence-corrected chi connectivity index (χ3v) is 6.29. The number of para-hydroxylation sites is 1. The summed E-state index contributed by atoms with van der Waals surface area (Å²) in [5.74, 6) is 0.616. The van der Waals surface area contributed by atoms with Gasteiger partial charge in [0.05, 0.1) is 25.3 Å². The number of carbonyl (C=O) groups excluding carboxylic acids is 2. The van der Waals surface area contributed by atoms with Crippen molar-refractivity contribution >= 4 is 29.3 Å². The van der Waals surface area contributed by atoms with Crippen molar-refractivity contribution in [3.8, 4) is 0 Å². The van der Waals surface area contributed by atoms with Crippen LogP contribution in [0.5, 0.6) is 0 Å². The highest BCUT2D eigenvalue weighted by Gasteiger charge is 2.29. The Kier molecular flexibility index (Phi) is 7.19. The average Bonchev–Trinajstić information content (AvgIpc) is 3.46. The molecule has 1 aliphatic heterocycles. The minimum atomic E-state index is -0.184. The molecule has 0 aromatic heterocycles. The highest BCUT2D eigenvalue weighted by Crippen LogP contribution is 2.37. The quantitative estimate of drug-likeness (QED) is 0.635. The number of benzene rings is 1. The SMILES string of the molecule is CCOC(=O)CCN(CC(=O)N1CCC(C)Sc2ccccc21)CC1CC1. The van der Waals surface area contributed by atoms with Gasteiger partial charge >= 0.3 is 5.97 Å². The minimum Gasteiger partial charge on any atom is -0.466 e. The number of amides is 1. The standard InChI is InChI=1S/C21H30N2O3S/c1-3-26-21(25)11-12-22(14-17-8-9-17)15-20(24)23-13-10-16(2)27-19-7-5-4-6-18(19)23/h4-7,16-17H,3,8-15H2,1-2H3. The number of rotatable bonds is 8. The molecule has 2 aliphatic rings. The summed E-state index contributed by atoms with van der Waals surface area (Å²) in [6, 6.07) is 8.18. The maximum atomic E-state index is 13.2. The van der Waals surface area contributed by atoms with Gasteiger partial charge < -0.3 is 9.64 Å². The minimum absolute atomic E-state index is 0.127. The van der Waals surface area contributed by atoms with Gasteiger partial charge in [-0.1, -0.05) is 19.1 Å². The first-order valence-electron chi connectivity index (χ1n) is 10.0. The Morgan fingerprint density at radius 3 is 2.78 bits per heavy atom. The summed E-state index contributed by atoms with van der Waals surface area (Å²) in [4.78, 5) is 30.2. The second-order valence-corrected chi connectivity index (χ2v) is 8.94. The van der Waals surface area contributed by atoms with E-state index in [1.54, 1.807) is 0 Å². The first-order valence-corrected chi connectivity index (χ1v) is 10.9. The van der Waals surface area contributed by atoms with Crippen LogP contribution in [0.1, 0.15) is 39.5 Å². The van der Waals surface area contributed by atoms with Crippen LogP contribution in [0, 0.1) is 5.92 Å². The van der Waals surface area contributed by atoms with Gasteiger partial charge in [0.25, 0.3) is 0 Å². The number of anilines is 1. The molecule has 1 aromatic rings. The van der Waals surface area contributed by atoms with Crippen LogP contribution in [-0.2, 0) is 14.3 Å². The van der Waals surface area contributed by atoms with Crippen molar-refractivity contribution in [1.29, 1.82) is 0 Å². The molecule has 148 valence electrons. The number of thioether (sulfide) groups is 1. The molecular weight excluding hydrogens is 360 g/mol. The van der Waals surface area contributed by atoms with Crippen LogP contribution in [-0.4, -0.2) is 54.8 Å². The van der Waals surface area contributed by atoms with Gasteiger partial charge in [0.15, 0.2) is 0 Å². The van der Waals surface area contributed by atoms with E-state index in [9.17, 15) is 9.59 Å². The summed E-state index contributed by atoms with van der Waals surface area (Å²) in [6.45, 7) is 7.03. The molecule has 6 heteroatoms. The van der Waals surface area contributed by atoms with Crippen LogP contribution in [0.15, 0.2) is 29.2 Å². The van der Waals surface area contributed by atoms with Gasteiger partial charge in [-0.05, 0) is 44.2 Å². The molecule has 5 nitrogen and oxygen atoms in total. The maximum Gasteiger partial charge on any atom is 0.307 e. The van der Waals surface area contributed by atoms with Crippen LogP contribution >= 0.6 is 11.8 Å². The Labute approximate surface area is 166 Å². The fourth-order valence-electron chi connectivity index (χ4n) is 3.41. The molecule has 1 saturated carbocycles. The first kappa shape index (κ1) is 20.2. The predicted octanol–water partition coefficient (Wildman–Crippen LogP) is 3.57. The molecule has 1 aromatic carbocycles. The van der Waals surface area contributed by atoms with Gasteiger partial charge in [-0.2, -0.15) is 0 Å². The lowest BCUT2D eigenvalue weighted by atomic mass is 10.2. The van der Waals surface area contributed by atoms with Crippen molar-refractivity contribution in [3.05, 3.63) is 24.3 Å². The Hall–Kier alpha value is -1.53. The van der Waals surface area contributed by atoms with E-state index in [-0.39, 0.29) is 11.9 Å². The molecule has 1 amide bonds. The molecule has 0 bridgehead atoms. The number of esters is 1. The summed E-state index contributed by atoms with van der Waals surface area (Å²) >= 11 is 1.84. The van der Waals surface area contributed by atoms with Crippen molar-refractivity contribution in [2.45, 2.75) is 49.7 Å². The van der Waals surface area contributed by atoms with Crippen LogP contribution in [0.3, 0.4) is 0 Å². The van der Waals surface area contributed by atoms with Crippen LogP contribution < -0.4 is 4.90 Å². The van der Waals surface area contributed by atoms with Gasteiger partial charge in [0.2, 0.25) is 5.91 Å². The highest BCUT2D eigenvalue weighted by molar-refractivity contribution is 8.00. The van der Waals surface area contributed by atoms with E-state index in [1.165, 1.54) is 17.7 Å². The Balaban J connectivity index is 1.66. The molecule has 1 unspecified atom stereocenters. The molecule has 1 fully saturated rings. The molecule has 0 saturated heterocycles. The van der Waals surface area contributed by atoms with Gasteiger partial charge in [0.1, 0.15) is 0 Å². The summed E-state index contributed by atoms with van der Waals surface area (Å²) in [5, 5.41) is 0.496. The smallest absolute Gasteiger partial charge is 0.307 e. The van der Waals surface area contributed by atoms with Crippen molar-refractivity contribution in [1.82, 2.24) is 4.90 Å². The first-order chi connectivity index (χ1) is 13.1. The molecule has 0 N–H and O–H groups in total. The largest absolute Gasteiger partial charge is 0.466 e. The Morgan fingerprint density at radius 1 is 1.26 bits per heavy atom. The number of nitrogens with zero attached hydrogens (tertiary/aromatic N) is 2. The summed E-state index contributed by atoms with van der Waals surface area (Å²) in [6.07, 6.45) is 3.78. The zero-order valence-electron chi connectivity index (χ0n) is 16.4. The second kappa shape index (κ2) is 9.60. The second-order valence-electron chi connectivity index (χ2n) is 7.46. The topological polar surface area (TPSA) is 49.9 Å². The van der Waals surface area contributed by atoms with Crippen LogP contribution in [0.4, 0.5) is 5.69 Å². The van der Waals surface area contributed by atoms with E-state index in [0.717, 1.165) is 25.2 Å². The van der Waals surface area contributed by atoms with Crippen LogP contribution in [0.25, 0.3) is 0 Å². The summed E-state index contributed by atoms with van der Waals surface area (Å²) in [5.41, 5.74) is 1.02. The summed E-state index contributed by atoms with van der Waals surface area (Å²) in [7, 11) is 0. The van der Waals surface area contributed by atoms with E-state index >= 15 is 0 Å². The third-order valence-electron chi connectivity index (χ3n) is 5.05. The molecule has 1 heterocycles. The third kappa shape index (κ3) is 5.98.